The van der Waals surface area contributed by atoms with Crippen molar-refractivity contribution in [1.82, 2.24) is 0 Å². The Morgan fingerprint density at radius 3 is 2.58 bits per heavy atom. The Labute approximate surface area is 108 Å². The molecule has 2 rings (SSSR count). The molecule has 0 saturated heterocycles. The second-order valence-electron chi connectivity index (χ2n) is 3.87. The molecule has 5 heteroatoms. The van der Waals surface area contributed by atoms with E-state index in [-0.39, 0.29) is 17.9 Å². The molecule has 2 aromatic carbocycles. The number of hydrogen-bond acceptors (Lipinski definition) is 2. The van der Waals surface area contributed by atoms with Gasteiger partial charge in [0.25, 0.3) is 0 Å². The van der Waals surface area contributed by atoms with Crippen LogP contribution in [0.3, 0.4) is 0 Å². The number of aromatic carboxylic acids is 1. The second-order valence-corrected chi connectivity index (χ2v) is 3.87. The maximum atomic E-state index is 13.5. The summed E-state index contributed by atoms with van der Waals surface area (Å²) in [5.41, 5.74) is 0.400. The first-order chi connectivity index (χ1) is 9.06. The Morgan fingerprint density at radius 1 is 1.16 bits per heavy atom. The molecule has 1 N–H and O–H groups in total. The van der Waals surface area contributed by atoms with E-state index < -0.39 is 17.6 Å². The second kappa shape index (κ2) is 5.48. The molecule has 0 unspecified atom stereocenters. The lowest BCUT2D eigenvalue weighted by molar-refractivity contribution is 0.0696. The standard InChI is InChI=1S/C14H10F2O3/c15-11-3-1-2-9(6-11)8-19-13-5-4-10(14(17)18)7-12(13)16/h1-7H,8H2,(H,17,18). The predicted molar refractivity (Wildman–Crippen MR) is 64.1 cm³/mol. The minimum Gasteiger partial charge on any atom is -0.486 e. The number of carbonyl (C=O) groups is 1. The van der Waals surface area contributed by atoms with Crippen molar-refractivity contribution in [2.45, 2.75) is 6.61 Å². The van der Waals surface area contributed by atoms with Gasteiger partial charge in [0.15, 0.2) is 11.6 Å². The van der Waals surface area contributed by atoms with E-state index >= 15 is 0 Å². The average Bonchev–Trinajstić information content (AvgIpc) is 2.37. The first kappa shape index (κ1) is 13.0. The summed E-state index contributed by atoms with van der Waals surface area (Å²) in [7, 11) is 0. The summed E-state index contributed by atoms with van der Waals surface area (Å²) in [6, 6.07) is 9.10. The van der Waals surface area contributed by atoms with E-state index in [9.17, 15) is 13.6 Å². The molecule has 0 radical (unpaired) electrons. The normalized spacial score (nSPS) is 10.2. The Hall–Kier alpha value is -2.43. The zero-order valence-electron chi connectivity index (χ0n) is 9.77. The van der Waals surface area contributed by atoms with Crippen LogP contribution >= 0.6 is 0 Å². The van der Waals surface area contributed by atoms with Crippen LogP contribution in [-0.2, 0) is 6.61 Å². The molecule has 0 atom stereocenters. The summed E-state index contributed by atoms with van der Waals surface area (Å²) in [5.74, 6) is -2.45. The summed E-state index contributed by atoms with van der Waals surface area (Å²) in [6.07, 6.45) is 0. The number of hydrogen-bond donors (Lipinski definition) is 1. The Bertz CT molecular complexity index is 611. The first-order valence-electron chi connectivity index (χ1n) is 5.46. The van der Waals surface area contributed by atoms with Crippen molar-refractivity contribution >= 4 is 5.97 Å². The third-order valence-electron chi connectivity index (χ3n) is 2.46. The zero-order valence-corrected chi connectivity index (χ0v) is 9.77. The monoisotopic (exact) mass is 264 g/mol. The molecule has 3 nitrogen and oxygen atoms in total. The van der Waals surface area contributed by atoms with E-state index in [2.05, 4.69) is 0 Å². The quantitative estimate of drug-likeness (QED) is 0.922. The largest absolute Gasteiger partial charge is 0.486 e. The fourth-order valence-corrected chi connectivity index (χ4v) is 1.54. The summed E-state index contributed by atoms with van der Waals surface area (Å²) in [6.45, 7) is 0.00109. The van der Waals surface area contributed by atoms with Gasteiger partial charge in [0.2, 0.25) is 0 Å². The zero-order chi connectivity index (χ0) is 13.8. The first-order valence-corrected chi connectivity index (χ1v) is 5.46. The van der Waals surface area contributed by atoms with E-state index in [1.807, 2.05) is 0 Å². The third kappa shape index (κ3) is 3.28. The molecule has 0 heterocycles. The molecule has 0 spiro atoms. The lowest BCUT2D eigenvalue weighted by Crippen LogP contribution is -2.01. The highest BCUT2D eigenvalue weighted by atomic mass is 19.1. The number of benzene rings is 2. The molecule has 2 aromatic rings. The molecular weight excluding hydrogens is 254 g/mol. The van der Waals surface area contributed by atoms with Gasteiger partial charge in [0, 0.05) is 0 Å². The molecule has 0 bridgehead atoms. The fraction of sp³-hybridized carbons (Fsp3) is 0.0714. The van der Waals surface area contributed by atoms with Crippen LogP contribution in [0.4, 0.5) is 8.78 Å². The average molecular weight is 264 g/mol. The topological polar surface area (TPSA) is 46.5 Å². The molecule has 0 aliphatic carbocycles. The number of carboxylic acids is 1. The van der Waals surface area contributed by atoms with Gasteiger partial charge in [0.05, 0.1) is 5.56 Å². The number of ether oxygens (including phenoxy) is 1. The van der Waals surface area contributed by atoms with Crippen molar-refractivity contribution in [1.29, 1.82) is 0 Å². The van der Waals surface area contributed by atoms with Crippen LogP contribution in [0, 0.1) is 11.6 Å². The highest BCUT2D eigenvalue weighted by Gasteiger charge is 2.09. The van der Waals surface area contributed by atoms with Crippen LogP contribution in [0.1, 0.15) is 15.9 Å². The van der Waals surface area contributed by atoms with E-state index in [0.717, 1.165) is 6.07 Å². The molecule has 0 aliphatic heterocycles. The lowest BCUT2D eigenvalue weighted by Gasteiger charge is -2.08. The van der Waals surface area contributed by atoms with Crippen molar-refractivity contribution in [3.63, 3.8) is 0 Å². The number of carboxylic acid groups (broad SMARTS) is 1. The van der Waals surface area contributed by atoms with Crippen molar-refractivity contribution < 1.29 is 23.4 Å². The van der Waals surface area contributed by atoms with Gasteiger partial charge in [-0.25, -0.2) is 13.6 Å². The highest BCUT2D eigenvalue weighted by Crippen LogP contribution is 2.19. The van der Waals surface area contributed by atoms with Gasteiger partial charge >= 0.3 is 5.97 Å². The summed E-state index contributed by atoms with van der Waals surface area (Å²) in [5, 5.41) is 8.69. The van der Waals surface area contributed by atoms with Gasteiger partial charge in [-0.15, -0.1) is 0 Å². The van der Waals surface area contributed by atoms with Gasteiger partial charge in [-0.1, -0.05) is 12.1 Å². The molecule has 0 fully saturated rings. The van der Waals surface area contributed by atoms with Crippen LogP contribution < -0.4 is 4.74 Å². The van der Waals surface area contributed by atoms with Crippen molar-refractivity contribution in [3.8, 4) is 5.75 Å². The summed E-state index contributed by atoms with van der Waals surface area (Å²) < 4.78 is 31.6. The predicted octanol–water partition coefficient (Wildman–Crippen LogP) is 3.24. The highest BCUT2D eigenvalue weighted by molar-refractivity contribution is 5.87. The summed E-state index contributed by atoms with van der Waals surface area (Å²) in [4.78, 5) is 10.6. The minimum absolute atomic E-state index is 0.00109. The molecule has 19 heavy (non-hydrogen) atoms. The number of rotatable bonds is 4. The number of halogens is 2. The Kier molecular flexibility index (Phi) is 3.75. The molecule has 0 aromatic heterocycles. The van der Waals surface area contributed by atoms with Crippen molar-refractivity contribution in [3.05, 3.63) is 65.2 Å². The maximum absolute atomic E-state index is 13.5. The van der Waals surface area contributed by atoms with Crippen LogP contribution in [0.5, 0.6) is 5.75 Å². The molecule has 0 saturated carbocycles. The van der Waals surface area contributed by atoms with Gasteiger partial charge in [0.1, 0.15) is 12.4 Å². The van der Waals surface area contributed by atoms with E-state index in [1.54, 1.807) is 6.07 Å². The van der Waals surface area contributed by atoms with Gasteiger partial charge in [-0.05, 0) is 35.9 Å². The molecular formula is C14H10F2O3. The van der Waals surface area contributed by atoms with Crippen LogP contribution in [-0.4, -0.2) is 11.1 Å². The van der Waals surface area contributed by atoms with Crippen LogP contribution in [0.15, 0.2) is 42.5 Å². The SMILES string of the molecule is O=C(O)c1ccc(OCc2cccc(F)c2)c(F)c1. The van der Waals surface area contributed by atoms with Crippen LogP contribution in [0.2, 0.25) is 0 Å². The van der Waals surface area contributed by atoms with Crippen molar-refractivity contribution in [2.24, 2.45) is 0 Å². The molecule has 0 aliphatic rings. The van der Waals surface area contributed by atoms with Gasteiger partial charge < -0.3 is 9.84 Å². The Morgan fingerprint density at radius 2 is 1.95 bits per heavy atom. The van der Waals surface area contributed by atoms with E-state index in [1.165, 1.54) is 30.3 Å². The summed E-state index contributed by atoms with van der Waals surface area (Å²) >= 11 is 0. The Balaban J connectivity index is 2.10. The van der Waals surface area contributed by atoms with Gasteiger partial charge in [-0.3, -0.25) is 0 Å². The lowest BCUT2D eigenvalue weighted by atomic mass is 10.2. The molecule has 98 valence electrons. The van der Waals surface area contributed by atoms with E-state index in [0.29, 0.717) is 5.56 Å². The van der Waals surface area contributed by atoms with E-state index in [4.69, 9.17) is 9.84 Å². The smallest absolute Gasteiger partial charge is 0.335 e. The maximum Gasteiger partial charge on any atom is 0.335 e. The van der Waals surface area contributed by atoms with Gasteiger partial charge in [-0.2, -0.15) is 0 Å². The fourth-order valence-electron chi connectivity index (χ4n) is 1.54. The molecule has 0 amide bonds. The minimum atomic E-state index is -1.21. The van der Waals surface area contributed by atoms with Crippen LogP contribution in [0.25, 0.3) is 0 Å². The van der Waals surface area contributed by atoms with Crippen molar-refractivity contribution in [2.75, 3.05) is 0 Å². The third-order valence-corrected chi connectivity index (χ3v) is 2.46.